The molecule has 2 nitrogen and oxygen atoms in total. The number of hydrogen-bond acceptors (Lipinski definition) is 2. The Labute approximate surface area is 115 Å². The average Bonchev–Trinajstić information content (AvgIpc) is 2.53. The number of nitrogens with zero attached hydrogens (tertiary/aromatic N) is 1. The van der Waals surface area contributed by atoms with Crippen LogP contribution in [0.3, 0.4) is 0 Å². The molecule has 1 rings (SSSR count). The van der Waals surface area contributed by atoms with E-state index < -0.39 is 0 Å². The Morgan fingerprint density at radius 2 is 1.89 bits per heavy atom. The van der Waals surface area contributed by atoms with Crippen LogP contribution in [0, 0.1) is 5.92 Å². The van der Waals surface area contributed by atoms with Gasteiger partial charge in [-0.05, 0) is 58.2 Å². The topological polar surface area (TPSA) is 15.3 Å². The van der Waals surface area contributed by atoms with Gasteiger partial charge in [-0.15, -0.1) is 0 Å². The van der Waals surface area contributed by atoms with Crippen molar-refractivity contribution < 1.29 is 0 Å². The first-order valence-electron chi connectivity index (χ1n) is 8.10. The number of hydrogen-bond donors (Lipinski definition) is 1. The molecule has 1 N–H and O–H groups in total. The zero-order valence-electron chi connectivity index (χ0n) is 13.0. The van der Waals surface area contributed by atoms with E-state index in [2.05, 4.69) is 37.9 Å². The highest BCUT2D eigenvalue weighted by molar-refractivity contribution is 4.77. The first kappa shape index (κ1) is 16.0. The van der Waals surface area contributed by atoms with Crippen molar-refractivity contribution in [2.24, 2.45) is 5.92 Å². The fraction of sp³-hybridized carbons (Fsp3) is 1.00. The maximum Gasteiger partial charge on any atom is 0.00821 e. The zero-order chi connectivity index (χ0) is 13.4. The molecule has 0 aliphatic carbocycles. The van der Waals surface area contributed by atoms with E-state index in [1.54, 1.807) is 0 Å². The Balaban J connectivity index is 2.16. The predicted octanol–water partition coefficient (Wildman–Crippen LogP) is 3.67. The van der Waals surface area contributed by atoms with E-state index in [1.807, 2.05) is 0 Å². The van der Waals surface area contributed by atoms with Gasteiger partial charge in [-0.1, -0.05) is 33.6 Å². The second-order valence-corrected chi connectivity index (χ2v) is 6.45. The molecule has 2 unspecified atom stereocenters. The molecule has 1 aliphatic rings. The van der Waals surface area contributed by atoms with Gasteiger partial charge in [-0.2, -0.15) is 0 Å². The van der Waals surface area contributed by atoms with Gasteiger partial charge >= 0.3 is 0 Å². The molecular formula is C16H34N2. The van der Waals surface area contributed by atoms with E-state index in [-0.39, 0.29) is 0 Å². The number of rotatable bonds is 7. The highest BCUT2D eigenvalue weighted by atomic mass is 15.1. The predicted molar refractivity (Wildman–Crippen MR) is 81.0 cm³/mol. The van der Waals surface area contributed by atoms with E-state index in [1.165, 1.54) is 58.2 Å². The summed E-state index contributed by atoms with van der Waals surface area (Å²) >= 11 is 0. The molecule has 1 saturated heterocycles. The summed E-state index contributed by atoms with van der Waals surface area (Å²) in [5.74, 6) is 0.855. The summed E-state index contributed by atoms with van der Waals surface area (Å²) < 4.78 is 0. The average molecular weight is 254 g/mol. The van der Waals surface area contributed by atoms with Crippen LogP contribution in [0.25, 0.3) is 0 Å². The van der Waals surface area contributed by atoms with Crippen molar-refractivity contribution in [1.82, 2.24) is 10.2 Å². The van der Waals surface area contributed by atoms with Gasteiger partial charge in [-0.3, -0.25) is 0 Å². The lowest BCUT2D eigenvalue weighted by atomic mass is 10.0. The third kappa shape index (κ3) is 6.75. The first-order chi connectivity index (χ1) is 8.61. The number of likely N-dealkylation sites (tertiary alicyclic amines) is 1. The molecule has 0 aromatic rings. The van der Waals surface area contributed by atoms with Crippen molar-refractivity contribution in [3.8, 4) is 0 Å². The molecule has 1 aliphatic heterocycles. The normalized spacial score (nSPS) is 24.2. The summed E-state index contributed by atoms with van der Waals surface area (Å²) in [6.45, 7) is 13.1. The van der Waals surface area contributed by atoms with Gasteiger partial charge in [0.2, 0.25) is 0 Å². The smallest absolute Gasteiger partial charge is 0.00821 e. The van der Waals surface area contributed by atoms with E-state index >= 15 is 0 Å². The summed E-state index contributed by atoms with van der Waals surface area (Å²) in [7, 11) is 0. The standard InChI is InChI=1S/C16H34N2/c1-5-18-12-7-10-16(11-13-18)17-15(4)9-6-8-14(2)3/h14-17H,5-13H2,1-4H3. The molecule has 1 fully saturated rings. The van der Waals surface area contributed by atoms with Crippen LogP contribution in [0.4, 0.5) is 0 Å². The van der Waals surface area contributed by atoms with E-state index in [0.717, 1.165) is 12.0 Å². The van der Waals surface area contributed by atoms with Crippen LogP contribution in [0.2, 0.25) is 0 Å². The second kappa shape index (κ2) is 8.92. The molecule has 0 radical (unpaired) electrons. The minimum atomic E-state index is 0.696. The summed E-state index contributed by atoms with van der Waals surface area (Å²) in [5, 5.41) is 3.85. The van der Waals surface area contributed by atoms with Gasteiger partial charge in [0.25, 0.3) is 0 Å². The van der Waals surface area contributed by atoms with Gasteiger partial charge in [0.1, 0.15) is 0 Å². The highest BCUT2D eigenvalue weighted by Gasteiger charge is 2.17. The molecule has 1 heterocycles. The Morgan fingerprint density at radius 1 is 1.11 bits per heavy atom. The maximum atomic E-state index is 3.85. The van der Waals surface area contributed by atoms with Crippen molar-refractivity contribution in [2.45, 2.75) is 78.3 Å². The maximum absolute atomic E-state index is 3.85. The molecule has 18 heavy (non-hydrogen) atoms. The highest BCUT2D eigenvalue weighted by Crippen LogP contribution is 2.13. The van der Waals surface area contributed by atoms with Crippen LogP contribution in [-0.4, -0.2) is 36.6 Å². The third-order valence-electron chi connectivity index (χ3n) is 4.21. The lowest BCUT2D eigenvalue weighted by Crippen LogP contribution is -2.37. The molecule has 0 aromatic heterocycles. The van der Waals surface area contributed by atoms with Crippen LogP contribution < -0.4 is 5.32 Å². The first-order valence-corrected chi connectivity index (χ1v) is 8.10. The molecule has 0 bridgehead atoms. The van der Waals surface area contributed by atoms with Crippen LogP contribution in [0.1, 0.15) is 66.2 Å². The van der Waals surface area contributed by atoms with Gasteiger partial charge in [-0.25, -0.2) is 0 Å². The van der Waals surface area contributed by atoms with Gasteiger partial charge in [0.15, 0.2) is 0 Å². The molecule has 0 amide bonds. The summed E-state index contributed by atoms with van der Waals surface area (Å²) in [4.78, 5) is 2.59. The van der Waals surface area contributed by atoms with Crippen LogP contribution >= 0.6 is 0 Å². The van der Waals surface area contributed by atoms with Gasteiger partial charge in [0, 0.05) is 12.1 Å². The Morgan fingerprint density at radius 3 is 2.56 bits per heavy atom. The SMILES string of the molecule is CCN1CCCC(NC(C)CCCC(C)C)CC1. The number of nitrogens with one attached hydrogen (secondary N) is 1. The molecule has 2 atom stereocenters. The van der Waals surface area contributed by atoms with Crippen molar-refractivity contribution in [1.29, 1.82) is 0 Å². The minimum Gasteiger partial charge on any atom is -0.311 e. The van der Waals surface area contributed by atoms with Crippen molar-refractivity contribution in [3.63, 3.8) is 0 Å². The minimum absolute atomic E-state index is 0.696. The second-order valence-electron chi connectivity index (χ2n) is 6.45. The summed E-state index contributed by atoms with van der Waals surface area (Å²) in [5.41, 5.74) is 0. The quantitative estimate of drug-likeness (QED) is 0.746. The van der Waals surface area contributed by atoms with Gasteiger partial charge < -0.3 is 10.2 Å². The fourth-order valence-corrected chi connectivity index (χ4v) is 2.96. The van der Waals surface area contributed by atoms with Crippen molar-refractivity contribution in [3.05, 3.63) is 0 Å². The molecular weight excluding hydrogens is 220 g/mol. The third-order valence-corrected chi connectivity index (χ3v) is 4.21. The van der Waals surface area contributed by atoms with E-state index in [4.69, 9.17) is 0 Å². The van der Waals surface area contributed by atoms with Crippen molar-refractivity contribution in [2.75, 3.05) is 19.6 Å². The Hall–Kier alpha value is -0.0800. The van der Waals surface area contributed by atoms with Gasteiger partial charge in [0.05, 0.1) is 0 Å². The molecule has 0 spiro atoms. The lowest BCUT2D eigenvalue weighted by molar-refractivity contribution is 0.294. The Bertz CT molecular complexity index is 203. The van der Waals surface area contributed by atoms with Crippen LogP contribution in [-0.2, 0) is 0 Å². The van der Waals surface area contributed by atoms with E-state index in [9.17, 15) is 0 Å². The van der Waals surface area contributed by atoms with Crippen LogP contribution in [0.5, 0.6) is 0 Å². The van der Waals surface area contributed by atoms with Crippen molar-refractivity contribution >= 4 is 0 Å². The molecule has 2 heteroatoms. The molecule has 0 saturated carbocycles. The monoisotopic (exact) mass is 254 g/mol. The summed E-state index contributed by atoms with van der Waals surface area (Å²) in [6, 6.07) is 1.46. The van der Waals surface area contributed by atoms with Crippen LogP contribution in [0.15, 0.2) is 0 Å². The van der Waals surface area contributed by atoms with E-state index in [0.29, 0.717) is 6.04 Å². The summed E-state index contributed by atoms with van der Waals surface area (Å²) in [6.07, 6.45) is 8.16. The molecule has 108 valence electrons. The molecule has 0 aromatic carbocycles. The largest absolute Gasteiger partial charge is 0.311 e. The fourth-order valence-electron chi connectivity index (χ4n) is 2.96. The lowest BCUT2D eigenvalue weighted by Gasteiger charge is -2.22. The zero-order valence-corrected chi connectivity index (χ0v) is 13.0. The Kier molecular flexibility index (Phi) is 7.92.